The SMILES string of the molecule is Cc1c(OCc2cnco2)cc(F)c2c1CCNC2. The Kier molecular flexibility index (Phi) is 3.21. The van der Waals surface area contributed by atoms with Gasteiger partial charge in [-0.1, -0.05) is 0 Å². The average molecular weight is 262 g/mol. The molecule has 2 aromatic rings. The molecule has 3 rings (SSSR count). The van der Waals surface area contributed by atoms with Crippen LogP contribution in [0.2, 0.25) is 0 Å². The molecule has 0 saturated heterocycles. The number of hydrogen-bond donors (Lipinski definition) is 1. The third-order valence-corrected chi connectivity index (χ3v) is 3.44. The van der Waals surface area contributed by atoms with Crippen molar-refractivity contribution in [1.82, 2.24) is 10.3 Å². The van der Waals surface area contributed by atoms with Crippen LogP contribution in [0.3, 0.4) is 0 Å². The highest BCUT2D eigenvalue weighted by atomic mass is 19.1. The summed E-state index contributed by atoms with van der Waals surface area (Å²) in [6, 6.07) is 1.46. The lowest BCUT2D eigenvalue weighted by molar-refractivity contribution is 0.266. The van der Waals surface area contributed by atoms with E-state index in [-0.39, 0.29) is 12.4 Å². The summed E-state index contributed by atoms with van der Waals surface area (Å²) in [6.07, 6.45) is 3.77. The predicted octanol–water partition coefficient (Wildman–Crippen LogP) is 2.35. The number of hydrogen-bond acceptors (Lipinski definition) is 4. The number of fused-ring (bicyclic) bond motifs is 1. The number of rotatable bonds is 3. The summed E-state index contributed by atoms with van der Waals surface area (Å²) in [7, 11) is 0. The molecule has 1 aromatic carbocycles. The third kappa shape index (κ3) is 2.33. The van der Waals surface area contributed by atoms with E-state index in [1.807, 2.05) is 6.92 Å². The van der Waals surface area contributed by atoms with Gasteiger partial charge >= 0.3 is 0 Å². The third-order valence-electron chi connectivity index (χ3n) is 3.44. The van der Waals surface area contributed by atoms with Gasteiger partial charge in [0.15, 0.2) is 12.2 Å². The zero-order chi connectivity index (χ0) is 13.2. The van der Waals surface area contributed by atoms with Crippen molar-refractivity contribution in [3.63, 3.8) is 0 Å². The molecule has 4 nitrogen and oxygen atoms in total. The molecule has 0 saturated carbocycles. The van der Waals surface area contributed by atoms with E-state index in [9.17, 15) is 4.39 Å². The molecule has 1 aliphatic rings. The lowest BCUT2D eigenvalue weighted by Gasteiger charge is -2.22. The summed E-state index contributed by atoms with van der Waals surface area (Å²) in [5, 5.41) is 3.18. The minimum atomic E-state index is -0.208. The molecule has 100 valence electrons. The van der Waals surface area contributed by atoms with Crippen molar-refractivity contribution in [3.05, 3.63) is 46.9 Å². The Morgan fingerprint density at radius 1 is 1.47 bits per heavy atom. The number of benzene rings is 1. The topological polar surface area (TPSA) is 47.3 Å². The molecule has 0 bridgehead atoms. The lowest BCUT2D eigenvalue weighted by Crippen LogP contribution is -2.25. The Balaban J connectivity index is 1.87. The second kappa shape index (κ2) is 5.01. The van der Waals surface area contributed by atoms with E-state index in [1.165, 1.54) is 12.5 Å². The highest BCUT2D eigenvalue weighted by Gasteiger charge is 2.19. The molecule has 1 aliphatic heterocycles. The number of nitrogens with zero attached hydrogens (tertiary/aromatic N) is 1. The molecule has 1 N–H and O–H groups in total. The van der Waals surface area contributed by atoms with Gasteiger partial charge in [0.1, 0.15) is 18.2 Å². The van der Waals surface area contributed by atoms with Gasteiger partial charge in [-0.05, 0) is 31.0 Å². The van der Waals surface area contributed by atoms with Crippen LogP contribution in [-0.2, 0) is 19.6 Å². The van der Waals surface area contributed by atoms with Gasteiger partial charge in [0.25, 0.3) is 0 Å². The fraction of sp³-hybridized carbons (Fsp3) is 0.357. The molecule has 5 heteroatoms. The first-order chi connectivity index (χ1) is 9.25. The van der Waals surface area contributed by atoms with E-state index >= 15 is 0 Å². The van der Waals surface area contributed by atoms with Crippen molar-refractivity contribution in [1.29, 1.82) is 0 Å². The summed E-state index contributed by atoms with van der Waals surface area (Å²) in [4.78, 5) is 3.82. The van der Waals surface area contributed by atoms with E-state index in [4.69, 9.17) is 9.15 Å². The van der Waals surface area contributed by atoms with Crippen molar-refractivity contribution >= 4 is 0 Å². The molecule has 0 spiro atoms. The van der Waals surface area contributed by atoms with Gasteiger partial charge in [-0.2, -0.15) is 0 Å². The first-order valence-corrected chi connectivity index (χ1v) is 6.27. The fourth-order valence-corrected chi connectivity index (χ4v) is 2.40. The monoisotopic (exact) mass is 262 g/mol. The van der Waals surface area contributed by atoms with Crippen LogP contribution >= 0.6 is 0 Å². The highest BCUT2D eigenvalue weighted by molar-refractivity contribution is 5.46. The van der Waals surface area contributed by atoms with Gasteiger partial charge in [-0.15, -0.1) is 0 Å². The van der Waals surface area contributed by atoms with Crippen molar-refractivity contribution in [2.24, 2.45) is 0 Å². The van der Waals surface area contributed by atoms with Crippen LogP contribution in [0.1, 0.15) is 22.5 Å². The second-order valence-corrected chi connectivity index (χ2v) is 4.62. The van der Waals surface area contributed by atoms with E-state index in [1.54, 1.807) is 6.20 Å². The molecule has 0 fully saturated rings. The number of oxazole rings is 1. The second-order valence-electron chi connectivity index (χ2n) is 4.62. The fourth-order valence-electron chi connectivity index (χ4n) is 2.40. The molecule has 0 amide bonds. The van der Waals surface area contributed by atoms with Crippen LogP contribution < -0.4 is 10.1 Å². The molecule has 0 unspecified atom stereocenters. The average Bonchev–Trinajstić information content (AvgIpc) is 2.95. The molecular formula is C14H15FN2O2. The number of nitrogens with one attached hydrogen (secondary N) is 1. The lowest BCUT2D eigenvalue weighted by atomic mass is 9.95. The minimum Gasteiger partial charge on any atom is -0.485 e. The van der Waals surface area contributed by atoms with Crippen LogP contribution in [-0.4, -0.2) is 11.5 Å². The molecular weight excluding hydrogens is 247 g/mol. The smallest absolute Gasteiger partial charge is 0.181 e. The van der Waals surface area contributed by atoms with Crippen LogP contribution in [0.4, 0.5) is 4.39 Å². The summed E-state index contributed by atoms with van der Waals surface area (Å²) < 4.78 is 24.8. The highest BCUT2D eigenvalue weighted by Crippen LogP contribution is 2.30. The van der Waals surface area contributed by atoms with Gasteiger partial charge < -0.3 is 14.5 Å². The van der Waals surface area contributed by atoms with Gasteiger partial charge in [-0.25, -0.2) is 9.37 Å². The van der Waals surface area contributed by atoms with Gasteiger partial charge in [0.2, 0.25) is 0 Å². The number of ether oxygens (including phenoxy) is 1. The molecule has 1 aromatic heterocycles. The molecule has 0 aliphatic carbocycles. The normalized spacial score (nSPS) is 14.2. The minimum absolute atomic E-state index is 0.208. The molecule has 2 heterocycles. The van der Waals surface area contributed by atoms with E-state index in [0.29, 0.717) is 18.1 Å². The molecule has 0 atom stereocenters. The maximum atomic E-state index is 14.0. The Labute approximate surface area is 110 Å². The van der Waals surface area contributed by atoms with Crippen LogP contribution in [0.25, 0.3) is 0 Å². The van der Waals surface area contributed by atoms with E-state index < -0.39 is 0 Å². The van der Waals surface area contributed by atoms with Crippen molar-refractivity contribution in [2.45, 2.75) is 26.5 Å². The summed E-state index contributed by atoms with van der Waals surface area (Å²) in [5.41, 5.74) is 2.83. The zero-order valence-electron chi connectivity index (χ0n) is 10.7. The summed E-state index contributed by atoms with van der Waals surface area (Å²) in [6.45, 7) is 3.69. The maximum absolute atomic E-state index is 14.0. The van der Waals surface area contributed by atoms with Crippen LogP contribution in [0, 0.1) is 12.7 Å². The Hall–Kier alpha value is -1.88. The van der Waals surface area contributed by atoms with E-state index in [0.717, 1.165) is 29.7 Å². The van der Waals surface area contributed by atoms with Gasteiger partial charge in [-0.3, -0.25) is 0 Å². The first kappa shape index (κ1) is 12.2. The molecule has 19 heavy (non-hydrogen) atoms. The Bertz CT molecular complexity index is 582. The Morgan fingerprint density at radius 2 is 2.37 bits per heavy atom. The summed E-state index contributed by atoms with van der Waals surface area (Å²) >= 11 is 0. The standard InChI is InChI=1S/C14H15FN2O2/c1-9-11-2-3-16-6-12(11)13(15)4-14(9)18-7-10-5-17-8-19-10/h4-5,8,16H,2-3,6-7H2,1H3. The Morgan fingerprint density at radius 3 is 3.16 bits per heavy atom. The maximum Gasteiger partial charge on any atom is 0.181 e. The number of halogens is 1. The predicted molar refractivity (Wildman–Crippen MR) is 67.4 cm³/mol. The quantitative estimate of drug-likeness (QED) is 0.922. The summed E-state index contributed by atoms with van der Waals surface area (Å²) in [5.74, 6) is 0.995. The van der Waals surface area contributed by atoms with Crippen molar-refractivity contribution < 1.29 is 13.5 Å². The van der Waals surface area contributed by atoms with Crippen molar-refractivity contribution in [3.8, 4) is 5.75 Å². The first-order valence-electron chi connectivity index (χ1n) is 6.27. The van der Waals surface area contributed by atoms with Crippen LogP contribution in [0.5, 0.6) is 5.75 Å². The zero-order valence-corrected chi connectivity index (χ0v) is 10.7. The van der Waals surface area contributed by atoms with E-state index in [2.05, 4.69) is 10.3 Å². The van der Waals surface area contributed by atoms with Crippen LogP contribution in [0.15, 0.2) is 23.1 Å². The van der Waals surface area contributed by atoms with Crippen molar-refractivity contribution in [2.75, 3.05) is 6.54 Å². The largest absolute Gasteiger partial charge is 0.485 e. The van der Waals surface area contributed by atoms with Gasteiger partial charge in [0.05, 0.1) is 6.20 Å². The molecule has 0 radical (unpaired) electrons. The number of aromatic nitrogens is 1. The van der Waals surface area contributed by atoms with Gasteiger partial charge in [0, 0.05) is 18.2 Å².